The second-order valence-corrected chi connectivity index (χ2v) is 5.32. The quantitative estimate of drug-likeness (QED) is 0.802. The summed E-state index contributed by atoms with van der Waals surface area (Å²) in [4.78, 5) is 12.2. The van der Waals surface area contributed by atoms with Crippen molar-refractivity contribution in [1.82, 2.24) is 0 Å². The zero-order chi connectivity index (χ0) is 14.5. The van der Waals surface area contributed by atoms with Gasteiger partial charge in [0.25, 0.3) is 0 Å². The highest BCUT2D eigenvalue weighted by Crippen LogP contribution is 2.44. The van der Waals surface area contributed by atoms with Crippen LogP contribution >= 0.6 is 0 Å². The Kier molecular flexibility index (Phi) is 5.12. The second-order valence-electron chi connectivity index (χ2n) is 5.32. The lowest BCUT2D eigenvalue weighted by Gasteiger charge is -2.41. The van der Waals surface area contributed by atoms with Crippen LogP contribution in [0.5, 0.6) is 0 Å². The van der Waals surface area contributed by atoms with Gasteiger partial charge >= 0.3 is 5.97 Å². The fourth-order valence-electron chi connectivity index (χ4n) is 2.37. The van der Waals surface area contributed by atoms with Gasteiger partial charge in [-0.15, -0.1) is 0 Å². The van der Waals surface area contributed by atoms with Crippen molar-refractivity contribution >= 4 is 5.97 Å². The average molecular weight is 264 g/mol. The maximum absolute atomic E-state index is 12.2. The lowest BCUT2D eigenvalue weighted by Crippen LogP contribution is -2.48. The molecule has 1 aromatic carbocycles. The number of ether oxygens (including phenoxy) is 1. The van der Waals surface area contributed by atoms with Crippen LogP contribution in [0, 0.1) is 5.41 Å². The molecule has 0 saturated carbocycles. The Labute approximate surface area is 115 Å². The predicted octanol–water partition coefficient (Wildman–Crippen LogP) is 3.26. The molecule has 0 aliphatic heterocycles. The molecule has 1 aromatic rings. The number of aliphatic hydroxyl groups is 1. The molecule has 19 heavy (non-hydrogen) atoms. The molecule has 106 valence electrons. The van der Waals surface area contributed by atoms with Crippen molar-refractivity contribution < 1.29 is 14.6 Å². The Hall–Kier alpha value is -1.35. The van der Waals surface area contributed by atoms with E-state index in [4.69, 9.17) is 4.74 Å². The number of benzene rings is 1. The fraction of sp³-hybridized carbons (Fsp3) is 0.562. The van der Waals surface area contributed by atoms with Crippen LogP contribution in [-0.2, 0) is 15.1 Å². The van der Waals surface area contributed by atoms with Crippen molar-refractivity contribution in [2.75, 3.05) is 6.61 Å². The summed E-state index contributed by atoms with van der Waals surface area (Å²) in [5, 5.41) is 11.1. The van der Waals surface area contributed by atoms with E-state index in [0.717, 1.165) is 12.0 Å². The topological polar surface area (TPSA) is 46.5 Å². The number of carbonyl (C=O) groups is 1. The van der Waals surface area contributed by atoms with Crippen molar-refractivity contribution in [2.24, 2.45) is 5.41 Å². The molecule has 3 heteroatoms. The fourth-order valence-corrected chi connectivity index (χ4v) is 2.37. The molecular weight excluding hydrogens is 240 g/mol. The maximum Gasteiger partial charge on any atom is 0.314 e. The van der Waals surface area contributed by atoms with Crippen LogP contribution in [0.1, 0.15) is 46.1 Å². The molecule has 0 unspecified atom stereocenters. The van der Waals surface area contributed by atoms with Crippen LogP contribution in [0.3, 0.4) is 0 Å². The normalized spacial score (nSPS) is 14.8. The highest BCUT2D eigenvalue weighted by molar-refractivity contribution is 5.78. The molecule has 0 aromatic heterocycles. The molecule has 3 nitrogen and oxygen atoms in total. The Bertz CT molecular complexity index is 411. The van der Waals surface area contributed by atoms with Crippen molar-refractivity contribution in [1.29, 1.82) is 0 Å². The van der Waals surface area contributed by atoms with Crippen LogP contribution < -0.4 is 0 Å². The van der Waals surface area contributed by atoms with E-state index in [-0.39, 0.29) is 5.97 Å². The number of rotatable bonds is 6. The summed E-state index contributed by atoms with van der Waals surface area (Å²) in [6.07, 6.45) is 1.30. The van der Waals surface area contributed by atoms with E-state index < -0.39 is 11.0 Å². The van der Waals surface area contributed by atoms with Crippen LogP contribution in [0.2, 0.25) is 0 Å². The zero-order valence-electron chi connectivity index (χ0n) is 12.3. The highest BCUT2D eigenvalue weighted by Gasteiger charge is 2.50. The number of carbonyl (C=O) groups excluding carboxylic acids is 1. The summed E-state index contributed by atoms with van der Waals surface area (Å²) >= 11 is 0. The first kappa shape index (κ1) is 15.7. The van der Waals surface area contributed by atoms with E-state index in [0.29, 0.717) is 13.0 Å². The molecule has 1 atom stereocenters. The van der Waals surface area contributed by atoms with E-state index in [9.17, 15) is 9.90 Å². The first-order chi connectivity index (χ1) is 8.90. The smallest absolute Gasteiger partial charge is 0.314 e. The molecule has 0 fully saturated rings. The average Bonchev–Trinajstić information content (AvgIpc) is 2.40. The lowest BCUT2D eigenvalue weighted by atomic mass is 9.68. The van der Waals surface area contributed by atoms with Gasteiger partial charge in [0.15, 0.2) is 0 Å². The van der Waals surface area contributed by atoms with Gasteiger partial charge in [-0.05, 0) is 32.8 Å². The molecule has 0 amide bonds. The molecule has 0 saturated heterocycles. The van der Waals surface area contributed by atoms with Gasteiger partial charge < -0.3 is 9.84 Å². The van der Waals surface area contributed by atoms with E-state index >= 15 is 0 Å². The minimum absolute atomic E-state index is 0.319. The van der Waals surface area contributed by atoms with E-state index in [1.807, 2.05) is 37.3 Å². The molecule has 0 spiro atoms. The standard InChI is InChI=1S/C16H24O3/c1-5-12-16(18,13-10-8-7-9-11-13)15(3,4)14(17)19-6-2/h7-11,18H,5-6,12H2,1-4H3/t16-/m0/s1. The van der Waals surface area contributed by atoms with Crippen molar-refractivity contribution in [3.63, 3.8) is 0 Å². The third-order valence-corrected chi connectivity index (χ3v) is 3.68. The first-order valence-electron chi connectivity index (χ1n) is 6.85. The molecular formula is C16H24O3. The summed E-state index contributed by atoms with van der Waals surface area (Å²) in [5.41, 5.74) is -1.44. The third kappa shape index (κ3) is 2.98. The second kappa shape index (κ2) is 6.20. The van der Waals surface area contributed by atoms with Crippen LogP contribution in [0.4, 0.5) is 0 Å². The summed E-state index contributed by atoms with van der Waals surface area (Å²) in [7, 11) is 0. The van der Waals surface area contributed by atoms with Crippen molar-refractivity contribution in [3.05, 3.63) is 35.9 Å². The lowest BCUT2D eigenvalue weighted by molar-refractivity contribution is -0.174. The molecule has 0 radical (unpaired) electrons. The Morgan fingerprint density at radius 3 is 2.26 bits per heavy atom. The van der Waals surface area contributed by atoms with Gasteiger partial charge in [0, 0.05) is 0 Å². The predicted molar refractivity (Wildman–Crippen MR) is 75.7 cm³/mol. The number of hydrogen-bond donors (Lipinski definition) is 1. The van der Waals surface area contributed by atoms with Crippen LogP contribution in [0.25, 0.3) is 0 Å². The zero-order valence-corrected chi connectivity index (χ0v) is 12.3. The maximum atomic E-state index is 12.2. The van der Waals surface area contributed by atoms with Crippen LogP contribution in [0.15, 0.2) is 30.3 Å². The highest BCUT2D eigenvalue weighted by atomic mass is 16.5. The van der Waals surface area contributed by atoms with Crippen LogP contribution in [-0.4, -0.2) is 17.7 Å². The van der Waals surface area contributed by atoms with Gasteiger partial charge in [0.2, 0.25) is 0 Å². The molecule has 0 aliphatic carbocycles. The van der Waals surface area contributed by atoms with Gasteiger partial charge in [0.05, 0.1) is 12.0 Å². The van der Waals surface area contributed by atoms with Crippen molar-refractivity contribution in [3.8, 4) is 0 Å². The van der Waals surface area contributed by atoms with Gasteiger partial charge in [-0.2, -0.15) is 0 Å². The summed E-state index contributed by atoms with van der Waals surface area (Å²) in [5.74, 6) is -0.366. The van der Waals surface area contributed by atoms with E-state index in [1.54, 1.807) is 20.8 Å². The summed E-state index contributed by atoms with van der Waals surface area (Å²) in [6, 6.07) is 9.36. The number of esters is 1. The number of hydrogen-bond acceptors (Lipinski definition) is 3. The molecule has 0 aliphatic rings. The monoisotopic (exact) mass is 264 g/mol. The molecule has 1 N–H and O–H groups in total. The SMILES string of the molecule is CCC[C@](O)(c1ccccc1)C(C)(C)C(=O)OCC. The van der Waals surface area contributed by atoms with Gasteiger partial charge in [-0.25, -0.2) is 0 Å². The Morgan fingerprint density at radius 2 is 1.79 bits per heavy atom. The molecule has 0 heterocycles. The third-order valence-electron chi connectivity index (χ3n) is 3.68. The minimum atomic E-state index is -1.21. The molecule has 1 rings (SSSR count). The Morgan fingerprint density at radius 1 is 1.21 bits per heavy atom. The largest absolute Gasteiger partial charge is 0.465 e. The Balaban J connectivity index is 3.22. The van der Waals surface area contributed by atoms with Crippen molar-refractivity contribution in [2.45, 2.75) is 46.1 Å². The first-order valence-corrected chi connectivity index (χ1v) is 6.85. The summed E-state index contributed by atoms with van der Waals surface area (Å²) < 4.78 is 5.12. The molecule has 0 bridgehead atoms. The van der Waals surface area contributed by atoms with Gasteiger partial charge in [-0.3, -0.25) is 4.79 Å². The summed E-state index contributed by atoms with van der Waals surface area (Å²) in [6.45, 7) is 7.57. The van der Waals surface area contributed by atoms with Gasteiger partial charge in [0.1, 0.15) is 5.60 Å². The van der Waals surface area contributed by atoms with Gasteiger partial charge in [-0.1, -0.05) is 43.7 Å². The minimum Gasteiger partial charge on any atom is -0.465 e. The van der Waals surface area contributed by atoms with E-state index in [1.165, 1.54) is 0 Å². The van der Waals surface area contributed by atoms with E-state index in [2.05, 4.69) is 0 Å².